The third-order valence-electron chi connectivity index (χ3n) is 4.06. The molecule has 0 amide bonds. The molecule has 0 bridgehead atoms. The molecule has 95 valence electrons. The molecule has 3 rings (SSSR count). The fourth-order valence-electron chi connectivity index (χ4n) is 3.23. The first-order valence-corrected chi connectivity index (χ1v) is 6.55. The van der Waals surface area contributed by atoms with Gasteiger partial charge in [-0.2, -0.15) is 29.7 Å². The van der Waals surface area contributed by atoms with Crippen LogP contribution in [0, 0.1) is 18.4 Å². The minimum atomic E-state index is 0. The molecular weight excluding hydrogens is 307 g/mol. The number of benzene rings is 1. The van der Waals surface area contributed by atoms with Crippen molar-refractivity contribution in [3.8, 4) is 0 Å². The molecule has 2 aliphatic carbocycles. The molecule has 1 aromatic rings. The van der Waals surface area contributed by atoms with Crippen molar-refractivity contribution >= 4 is 5.57 Å². The summed E-state index contributed by atoms with van der Waals surface area (Å²) in [6, 6.07) is 10.7. The molecule has 18 heavy (non-hydrogen) atoms. The molecule has 0 aromatic heterocycles. The molecule has 0 aliphatic heterocycles. The second kappa shape index (κ2) is 5.53. The van der Waals surface area contributed by atoms with Gasteiger partial charge in [-0.25, -0.2) is 0 Å². The SMILES string of the molecule is [CH2-]CC1=CC2(CCCC2)C(c2ccccc2)=[C-]1.[Rh+2]. The number of allylic oxidation sites excluding steroid dienone is 4. The van der Waals surface area contributed by atoms with Crippen molar-refractivity contribution in [2.45, 2.75) is 32.1 Å². The monoisotopic (exact) mass is 325 g/mol. The van der Waals surface area contributed by atoms with E-state index in [0.717, 1.165) is 6.42 Å². The predicted molar refractivity (Wildman–Crippen MR) is 72.1 cm³/mol. The van der Waals surface area contributed by atoms with Gasteiger partial charge in [-0.3, -0.25) is 0 Å². The molecule has 1 radical (unpaired) electrons. The maximum absolute atomic E-state index is 4.01. The van der Waals surface area contributed by atoms with Crippen molar-refractivity contribution in [1.29, 1.82) is 0 Å². The number of hydrogen-bond acceptors (Lipinski definition) is 0. The van der Waals surface area contributed by atoms with Gasteiger partial charge >= 0.3 is 19.5 Å². The summed E-state index contributed by atoms with van der Waals surface area (Å²) in [5.41, 5.74) is 4.34. The molecule has 2 aliphatic rings. The Bertz CT molecular complexity index is 462. The minimum Gasteiger partial charge on any atom is -0.341 e. The van der Waals surface area contributed by atoms with Gasteiger partial charge in [0.1, 0.15) is 0 Å². The molecule has 0 atom stereocenters. The summed E-state index contributed by atoms with van der Waals surface area (Å²) in [5, 5.41) is 0. The van der Waals surface area contributed by atoms with E-state index < -0.39 is 0 Å². The van der Waals surface area contributed by atoms with E-state index in [1.54, 1.807) is 0 Å². The topological polar surface area (TPSA) is 0 Å². The summed E-state index contributed by atoms with van der Waals surface area (Å²) in [4.78, 5) is 0. The summed E-state index contributed by atoms with van der Waals surface area (Å²) < 4.78 is 0. The van der Waals surface area contributed by atoms with Crippen LogP contribution in [0.3, 0.4) is 0 Å². The fourth-order valence-corrected chi connectivity index (χ4v) is 3.23. The Labute approximate surface area is 123 Å². The molecule has 1 aromatic carbocycles. The zero-order valence-electron chi connectivity index (χ0n) is 10.5. The van der Waals surface area contributed by atoms with Crippen molar-refractivity contribution < 1.29 is 19.5 Å². The van der Waals surface area contributed by atoms with E-state index in [1.807, 2.05) is 0 Å². The smallest absolute Gasteiger partial charge is 0.341 e. The Balaban J connectivity index is 0.00000120. The summed E-state index contributed by atoms with van der Waals surface area (Å²) in [5.74, 6) is 0. The van der Waals surface area contributed by atoms with Gasteiger partial charge in [-0.15, -0.1) is 17.7 Å². The van der Waals surface area contributed by atoms with Gasteiger partial charge in [0, 0.05) is 0 Å². The van der Waals surface area contributed by atoms with E-state index in [4.69, 9.17) is 0 Å². The average molecular weight is 325 g/mol. The first-order valence-electron chi connectivity index (χ1n) is 6.55. The third kappa shape index (κ3) is 2.26. The van der Waals surface area contributed by atoms with Crippen LogP contribution < -0.4 is 0 Å². The quantitative estimate of drug-likeness (QED) is 0.551. The van der Waals surface area contributed by atoms with Crippen molar-refractivity contribution in [3.63, 3.8) is 0 Å². The second-order valence-electron chi connectivity index (χ2n) is 5.15. The fraction of sp³-hybridized carbons (Fsp3) is 0.353. The molecule has 0 saturated heterocycles. The largest absolute Gasteiger partial charge is 2.00 e. The maximum atomic E-state index is 4.01. The van der Waals surface area contributed by atoms with Crippen molar-refractivity contribution in [1.82, 2.24) is 0 Å². The van der Waals surface area contributed by atoms with Crippen LogP contribution in [0.2, 0.25) is 0 Å². The van der Waals surface area contributed by atoms with Gasteiger partial charge in [-0.1, -0.05) is 49.3 Å². The van der Waals surface area contributed by atoms with E-state index in [1.165, 1.54) is 42.4 Å². The number of hydrogen-bond donors (Lipinski definition) is 0. The second-order valence-corrected chi connectivity index (χ2v) is 5.15. The van der Waals surface area contributed by atoms with Crippen LogP contribution in [0.25, 0.3) is 5.57 Å². The van der Waals surface area contributed by atoms with Crippen LogP contribution >= 0.6 is 0 Å². The van der Waals surface area contributed by atoms with E-state index in [2.05, 4.69) is 49.4 Å². The predicted octanol–water partition coefficient (Wildman–Crippen LogP) is 4.60. The number of rotatable bonds is 2. The van der Waals surface area contributed by atoms with E-state index >= 15 is 0 Å². The zero-order chi connectivity index (χ0) is 11.7. The van der Waals surface area contributed by atoms with Crippen LogP contribution in [0.5, 0.6) is 0 Å². The molecule has 1 saturated carbocycles. The van der Waals surface area contributed by atoms with E-state index in [0.29, 0.717) is 0 Å². The Morgan fingerprint density at radius 1 is 1.11 bits per heavy atom. The summed E-state index contributed by atoms with van der Waals surface area (Å²) in [7, 11) is 0. The van der Waals surface area contributed by atoms with Crippen LogP contribution in [-0.4, -0.2) is 0 Å². The van der Waals surface area contributed by atoms with Crippen LogP contribution in [-0.2, 0) is 19.5 Å². The summed E-state index contributed by atoms with van der Waals surface area (Å²) >= 11 is 0. The van der Waals surface area contributed by atoms with E-state index in [-0.39, 0.29) is 24.9 Å². The Morgan fingerprint density at radius 3 is 2.39 bits per heavy atom. The molecule has 0 N–H and O–H groups in total. The first-order chi connectivity index (χ1) is 8.34. The zero-order valence-corrected chi connectivity index (χ0v) is 12.2. The van der Waals surface area contributed by atoms with Gasteiger partial charge in [-0.05, 0) is 0 Å². The molecule has 1 fully saturated rings. The molecule has 1 heteroatoms. The van der Waals surface area contributed by atoms with Gasteiger partial charge in [0.2, 0.25) is 0 Å². The maximum Gasteiger partial charge on any atom is 2.00 e. The molecular formula is C17H18Rh. The van der Waals surface area contributed by atoms with Crippen molar-refractivity contribution in [2.75, 3.05) is 0 Å². The van der Waals surface area contributed by atoms with Gasteiger partial charge in [0.25, 0.3) is 0 Å². The standard InChI is InChI=1S/C17H18.Rh/c1-2-14-12-16(15-8-4-3-5-9-15)17(13-14)10-6-7-11-17;/h3-5,8-9,13H,1-2,6-7,10-11H2;/q-2;+2. The Morgan fingerprint density at radius 2 is 1.78 bits per heavy atom. The average Bonchev–Trinajstić information content (AvgIpc) is 2.99. The molecule has 0 nitrogen and oxygen atoms in total. The van der Waals surface area contributed by atoms with Gasteiger partial charge in [0.15, 0.2) is 0 Å². The van der Waals surface area contributed by atoms with Crippen molar-refractivity contribution in [2.24, 2.45) is 5.41 Å². The first kappa shape index (κ1) is 13.7. The Kier molecular flexibility index (Phi) is 4.22. The van der Waals surface area contributed by atoms with Gasteiger partial charge in [0.05, 0.1) is 0 Å². The molecule has 1 spiro atoms. The summed E-state index contributed by atoms with van der Waals surface area (Å²) in [6.07, 6.45) is 12.2. The van der Waals surface area contributed by atoms with Crippen LogP contribution in [0.4, 0.5) is 0 Å². The van der Waals surface area contributed by atoms with Crippen LogP contribution in [0.15, 0.2) is 42.0 Å². The van der Waals surface area contributed by atoms with Crippen LogP contribution in [0.1, 0.15) is 37.7 Å². The minimum absolute atomic E-state index is 0. The Hall–Kier alpha value is -0.677. The van der Waals surface area contributed by atoms with Crippen molar-refractivity contribution in [3.05, 3.63) is 60.5 Å². The normalized spacial score (nSPS) is 20.5. The van der Waals surface area contributed by atoms with E-state index in [9.17, 15) is 0 Å². The van der Waals surface area contributed by atoms with Gasteiger partial charge < -0.3 is 6.92 Å². The third-order valence-corrected chi connectivity index (χ3v) is 4.06. The molecule has 0 heterocycles. The molecule has 0 unspecified atom stereocenters. The summed E-state index contributed by atoms with van der Waals surface area (Å²) in [6.45, 7) is 4.01.